The maximum Gasteiger partial charge on any atom is 0.573 e. The number of aryl methyl sites for hydroxylation is 1. The molecule has 2 aromatic carbocycles. The van der Waals surface area contributed by atoms with Crippen molar-refractivity contribution in [1.29, 1.82) is 0 Å². The highest BCUT2D eigenvalue weighted by Crippen LogP contribution is 2.26. The minimum absolute atomic E-state index is 0.0570. The van der Waals surface area contributed by atoms with Crippen molar-refractivity contribution in [3.8, 4) is 5.75 Å². The monoisotopic (exact) mass is 373 g/mol. The van der Waals surface area contributed by atoms with Crippen LogP contribution in [0.1, 0.15) is 24.5 Å². The molecule has 0 unspecified atom stereocenters. The third-order valence-corrected chi connectivity index (χ3v) is 4.84. The van der Waals surface area contributed by atoms with Gasteiger partial charge in [-0.05, 0) is 30.2 Å². The summed E-state index contributed by atoms with van der Waals surface area (Å²) in [6.45, 7) is 1.71. The van der Waals surface area contributed by atoms with E-state index in [1.165, 1.54) is 30.3 Å². The Morgan fingerprint density at radius 2 is 1.68 bits per heavy atom. The van der Waals surface area contributed by atoms with Crippen LogP contribution < -0.4 is 9.46 Å². The molecule has 0 aromatic heterocycles. The highest BCUT2D eigenvalue weighted by atomic mass is 32.2. The average molecular weight is 373 g/mol. The Bertz CT molecular complexity index is 803. The van der Waals surface area contributed by atoms with Gasteiger partial charge in [0.25, 0.3) is 0 Å². The van der Waals surface area contributed by atoms with Crippen molar-refractivity contribution in [2.24, 2.45) is 0 Å². The molecule has 0 fully saturated rings. The van der Waals surface area contributed by atoms with Crippen molar-refractivity contribution in [2.45, 2.75) is 37.6 Å². The molecule has 136 valence electrons. The summed E-state index contributed by atoms with van der Waals surface area (Å²) in [5.41, 5.74) is 1.11. The lowest BCUT2D eigenvalue weighted by atomic mass is 10.1. The maximum absolute atomic E-state index is 12.4. The summed E-state index contributed by atoms with van der Waals surface area (Å²) in [7, 11) is -3.84. The molecule has 0 saturated heterocycles. The van der Waals surface area contributed by atoms with Gasteiger partial charge in [0.05, 0.1) is 4.90 Å². The van der Waals surface area contributed by atoms with Gasteiger partial charge in [-0.3, -0.25) is 0 Å². The standard InChI is InChI=1S/C17H18F3NO3S/c1-2-5-13-8-10-15(11-9-13)25(22,23)21-12-14-6-3-4-7-16(14)24-17(18,19)20/h3-4,6-11,21H,2,5,12H2,1H3. The van der Waals surface area contributed by atoms with Crippen molar-refractivity contribution in [1.82, 2.24) is 4.72 Å². The summed E-state index contributed by atoms with van der Waals surface area (Å²) >= 11 is 0. The van der Waals surface area contributed by atoms with E-state index in [0.717, 1.165) is 24.5 Å². The van der Waals surface area contributed by atoms with E-state index in [0.29, 0.717) is 0 Å². The molecule has 0 aliphatic carbocycles. The summed E-state index contributed by atoms with van der Waals surface area (Å²) in [5, 5.41) is 0. The Kier molecular flexibility index (Phi) is 6.07. The number of ether oxygens (including phenoxy) is 1. The lowest BCUT2D eigenvalue weighted by molar-refractivity contribution is -0.274. The largest absolute Gasteiger partial charge is 0.573 e. The van der Waals surface area contributed by atoms with Gasteiger partial charge in [0.1, 0.15) is 5.75 Å². The molecule has 0 spiro atoms. The van der Waals surface area contributed by atoms with Crippen molar-refractivity contribution >= 4 is 10.0 Å². The molecule has 25 heavy (non-hydrogen) atoms. The second-order valence-electron chi connectivity index (χ2n) is 5.37. The topological polar surface area (TPSA) is 55.4 Å². The number of benzene rings is 2. The van der Waals surface area contributed by atoms with E-state index >= 15 is 0 Å². The molecule has 0 bridgehead atoms. The molecule has 0 atom stereocenters. The minimum Gasteiger partial charge on any atom is -0.405 e. The summed E-state index contributed by atoms with van der Waals surface area (Å²) < 4.78 is 68.0. The number of para-hydroxylation sites is 1. The predicted molar refractivity (Wildman–Crippen MR) is 87.6 cm³/mol. The molecule has 1 N–H and O–H groups in total. The fourth-order valence-electron chi connectivity index (χ4n) is 2.25. The van der Waals surface area contributed by atoms with Crippen LogP contribution in [0.25, 0.3) is 0 Å². The molecule has 8 heteroatoms. The number of hydrogen-bond acceptors (Lipinski definition) is 3. The van der Waals surface area contributed by atoms with E-state index in [1.807, 2.05) is 6.92 Å². The number of hydrogen-bond donors (Lipinski definition) is 1. The first-order chi connectivity index (χ1) is 11.7. The van der Waals surface area contributed by atoms with E-state index in [4.69, 9.17) is 0 Å². The first-order valence-electron chi connectivity index (χ1n) is 7.63. The van der Waals surface area contributed by atoms with Crippen LogP contribution in [0, 0.1) is 0 Å². The van der Waals surface area contributed by atoms with Crippen LogP contribution in [0.3, 0.4) is 0 Å². The Morgan fingerprint density at radius 3 is 2.28 bits per heavy atom. The number of alkyl halides is 3. The van der Waals surface area contributed by atoms with Gasteiger partial charge in [-0.2, -0.15) is 0 Å². The van der Waals surface area contributed by atoms with Gasteiger partial charge in [-0.1, -0.05) is 43.7 Å². The third-order valence-electron chi connectivity index (χ3n) is 3.42. The Labute approximate surface area is 144 Å². The predicted octanol–water partition coefficient (Wildman–Crippen LogP) is 4.02. The van der Waals surface area contributed by atoms with E-state index < -0.39 is 22.1 Å². The minimum atomic E-state index is -4.84. The van der Waals surface area contributed by atoms with Gasteiger partial charge in [-0.15, -0.1) is 13.2 Å². The zero-order valence-corrected chi connectivity index (χ0v) is 14.3. The van der Waals surface area contributed by atoms with Crippen LogP contribution in [0.5, 0.6) is 5.75 Å². The number of sulfonamides is 1. The lowest BCUT2D eigenvalue weighted by Crippen LogP contribution is -2.24. The highest BCUT2D eigenvalue weighted by molar-refractivity contribution is 7.89. The van der Waals surface area contributed by atoms with Gasteiger partial charge < -0.3 is 4.74 Å². The fraction of sp³-hybridized carbons (Fsp3) is 0.294. The molecule has 0 heterocycles. The first-order valence-corrected chi connectivity index (χ1v) is 9.12. The molecule has 2 rings (SSSR count). The van der Waals surface area contributed by atoms with E-state index in [-0.39, 0.29) is 17.0 Å². The van der Waals surface area contributed by atoms with Gasteiger partial charge in [0, 0.05) is 12.1 Å². The highest BCUT2D eigenvalue weighted by Gasteiger charge is 2.32. The third kappa shape index (κ3) is 5.75. The second-order valence-corrected chi connectivity index (χ2v) is 7.14. The molecule has 2 aromatic rings. The summed E-state index contributed by atoms with van der Waals surface area (Å²) in [6, 6.07) is 11.8. The van der Waals surface area contributed by atoms with Crippen LogP contribution in [0.2, 0.25) is 0 Å². The van der Waals surface area contributed by atoms with Crippen LogP contribution in [0.15, 0.2) is 53.4 Å². The smallest absolute Gasteiger partial charge is 0.405 e. The first kappa shape index (κ1) is 19.3. The molecule has 0 aliphatic heterocycles. The zero-order valence-electron chi connectivity index (χ0n) is 13.5. The molecule has 0 aliphatic rings. The van der Waals surface area contributed by atoms with E-state index in [9.17, 15) is 21.6 Å². The number of halogens is 3. The van der Waals surface area contributed by atoms with Crippen molar-refractivity contribution < 1.29 is 26.3 Å². The van der Waals surface area contributed by atoms with Crippen LogP contribution in [-0.2, 0) is 23.0 Å². The molecule has 0 radical (unpaired) electrons. The Balaban J connectivity index is 2.12. The second kappa shape index (κ2) is 7.88. The SMILES string of the molecule is CCCc1ccc(S(=O)(=O)NCc2ccccc2OC(F)(F)F)cc1. The molecule has 4 nitrogen and oxygen atoms in total. The van der Waals surface area contributed by atoms with E-state index in [2.05, 4.69) is 9.46 Å². The summed E-state index contributed by atoms with van der Waals surface area (Å²) in [6.07, 6.45) is -3.06. The van der Waals surface area contributed by atoms with Gasteiger partial charge in [0.15, 0.2) is 0 Å². The normalized spacial score (nSPS) is 12.2. The van der Waals surface area contributed by atoms with Crippen LogP contribution >= 0.6 is 0 Å². The Morgan fingerprint density at radius 1 is 1.04 bits per heavy atom. The lowest BCUT2D eigenvalue weighted by Gasteiger charge is -2.14. The Hall–Kier alpha value is -2.06. The van der Waals surface area contributed by atoms with Crippen LogP contribution in [0.4, 0.5) is 13.2 Å². The molecular weight excluding hydrogens is 355 g/mol. The van der Waals surface area contributed by atoms with Crippen molar-refractivity contribution in [3.05, 3.63) is 59.7 Å². The van der Waals surface area contributed by atoms with E-state index in [1.54, 1.807) is 12.1 Å². The zero-order chi connectivity index (χ0) is 18.5. The molecule has 0 saturated carbocycles. The fourth-order valence-corrected chi connectivity index (χ4v) is 3.26. The van der Waals surface area contributed by atoms with Gasteiger partial charge in [0.2, 0.25) is 10.0 Å². The van der Waals surface area contributed by atoms with Crippen molar-refractivity contribution in [2.75, 3.05) is 0 Å². The molecular formula is C17H18F3NO3S. The number of nitrogens with one attached hydrogen (secondary N) is 1. The summed E-state index contributed by atoms with van der Waals surface area (Å²) in [4.78, 5) is 0.0570. The number of rotatable bonds is 7. The van der Waals surface area contributed by atoms with Crippen molar-refractivity contribution in [3.63, 3.8) is 0 Å². The molecule has 0 amide bonds. The quantitative estimate of drug-likeness (QED) is 0.798. The van der Waals surface area contributed by atoms with Gasteiger partial charge >= 0.3 is 6.36 Å². The van der Waals surface area contributed by atoms with Gasteiger partial charge in [-0.25, -0.2) is 13.1 Å². The maximum atomic E-state index is 12.4. The average Bonchev–Trinajstić information content (AvgIpc) is 2.53. The van der Waals surface area contributed by atoms with Crippen LogP contribution in [-0.4, -0.2) is 14.8 Å². The summed E-state index contributed by atoms with van der Waals surface area (Å²) in [5.74, 6) is -0.434.